The zero-order valence-corrected chi connectivity index (χ0v) is 19.6. The van der Waals surface area contributed by atoms with E-state index in [4.69, 9.17) is 9.68 Å². The maximum absolute atomic E-state index is 13.5. The quantitative estimate of drug-likeness (QED) is 0.653. The highest BCUT2D eigenvalue weighted by molar-refractivity contribution is 5.91. The Kier molecular flexibility index (Phi) is 6.79. The number of piperidine rings is 1. The van der Waals surface area contributed by atoms with Crippen molar-refractivity contribution in [2.24, 2.45) is 17.8 Å². The molecule has 0 spiro atoms. The topological polar surface area (TPSA) is 80.8 Å². The number of halogens is 3. The molecule has 2 aliphatic heterocycles. The largest absolute Gasteiger partial charge is 0.459 e. The van der Waals surface area contributed by atoms with Crippen LogP contribution in [0.15, 0.2) is 41.0 Å². The smallest absolute Gasteiger partial charge is 0.417 e. The van der Waals surface area contributed by atoms with Gasteiger partial charge in [0.25, 0.3) is 5.91 Å². The maximum Gasteiger partial charge on any atom is 0.417 e. The molecule has 0 bridgehead atoms. The summed E-state index contributed by atoms with van der Waals surface area (Å²) in [4.78, 5) is 30.7. The fraction of sp³-hybridized carbons (Fsp3) is 0.480. The Hall–Kier alpha value is -3.48. The normalized spacial score (nSPS) is 21.1. The summed E-state index contributed by atoms with van der Waals surface area (Å²) >= 11 is 0. The number of furan rings is 1. The summed E-state index contributed by atoms with van der Waals surface area (Å²) in [6.07, 6.45) is -1.79. The molecule has 0 aliphatic carbocycles. The standard InChI is InChI=1S/C25H27F3N4O3/c1-30(2)23(33)20-15-32(18-6-5-17(13-29)21(12-18)25(26,27)28)14-19(20)16-7-9-31(10-8-16)24(34)22-4-3-11-35-22/h3-6,11-12,16,19-20H,7-10,14-15H2,1-2H3/t19-,20+/m0/s1. The number of carbonyl (C=O) groups is 2. The van der Waals surface area contributed by atoms with E-state index >= 15 is 0 Å². The highest BCUT2D eigenvalue weighted by Gasteiger charge is 2.44. The zero-order valence-electron chi connectivity index (χ0n) is 19.6. The molecular weight excluding hydrogens is 461 g/mol. The van der Waals surface area contributed by atoms with Crippen LogP contribution in [0.2, 0.25) is 0 Å². The van der Waals surface area contributed by atoms with Crippen molar-refractivity contribution >= 4 is 17.5 Å². The molecule has 2 fully saturated rings. The highest BCUT2D eigenvalue weighted by atomic mass is 19.4. The van der Waals surface area contributed by atoms with Gasteiger partial charge in [-0.1, -0.05) is 0 Å². The number of nitriles is 1. The molecule has 1 aromatic carbocycles. The minimum Gasteiger partial charge on any atom is -0.459 e. The monoisotopic (exact) mass is 488 g/mol. The maximum atomic E-state index is 13.5. The average Bonchev–Trinajstić information content (AvgIpc) is 3.53. The van der Waals surface area contributed by atoms with Crippen molar-refractivity contribution in [3.05, 3.63) is 53.5 Å². The Bertz CT molecular complexity index is 1120. The number of likely N-dealkylation sites (tertiary alicyclic amines) is 1. The van der Waals surface area contributed by atoms with Crippen molar-refractivity contribution in [1.82, 2.24) is 9.80 Å². The van der Waals surface area contributed by atoms with Gasteiger partial charge in [0.2, 0.25) is 5.91 Å². The van der Waals surface area contributed by atoms with Gasteiger partial charge >= 0.3 is 6.18 Å². The molecule has 2 aromatic rings. The summed E-state index contributed by atoms with van der Waals surface area (Å²) in [6, 6.07) is 8.60. The van der Waals surface area contributed by atoms with E-state index in [9.17, 15) is 22.8 Å². The van der Waals surface area contributed by atoms with Gasteiger partial charge < -0.3 is 19.1 Å². The molecule has 0 unspecified atom stereocenters. The van der Waals surface area contributed by atoms with E-state index in [2.05, 4.69) is 0 Å². The van der Waals surface area contributed by atoms with Gasteiger partial charge in [-0.3, -0.25) is 9.59 Å². The van der Waals surface area contributed by atoms with E-state index in [1.54, 1.807) is 37.2 Å². The van der Waals surface area contributed by atoms with Crippen LogP contribution in [-0.4, -0.2) is 61.9 Å². The molecule has 4 rings (SSSR count). The summed E-state index contributed by atoms with van der Waals surface area (Å²) in [5.41, 5.74) is -1.05. The van der Waals surface area contributed by atoms with E-state index < -0.39 is 17.3 Å². The highest BCUT2D eigenvalue weighted by Crippen LogP contribution is 2.40. The molecule has 7 nitrogen and oxygen atoms in total. The fourth-order valence-electron chi connectivity index (χ4n) is 5.26. The number of nitrogens with zero attached hydrogens (tertiary/aromatic N) is 4. The summed E-state index contributed by atoms with van der Waals surface area (Å²) in [6.45, 7) is 1.79. The first-order valence-electron chi connectivity index (χ1n) is 11.5. The van der Waals surface area contributed by atoms with Crippen LogP contribution in [0.3, 0.4) is 0 Å². The molecule has 1 aromatic heterocycles. The lowest BCUT2D eigenvalue weighted by Crippen LogP contribution is -2.43. The van der Waals surface area contributed by atoms with Gasteiger partial charge in [0.15, 0.2) is 5.76 Å². The van der Waals surface area contributed by atoms with Crippen LogP contribution < -0.4 is 4.90 Å². The first-order chi connectivity index (χ1) is 16.6. The Balaban J connectivity index is 1.53. The van der Waals surface area contributed by atoms with E-state index in [1.807, 2.05) is 4.90 Å². The third-order valence-corrected chi connectivity index (χ3v) is 7.08. The van der Waals surface area contributed by atoms with Crippen LogP contribution >= 0.6 is 0 Å². The summed E-state index contributed by atoms with van der Waals surface area (Å²) in [5, 5.41) is 9.10. The Morgan fingerprint density at radius 2 is 1.86 bits per heavy atom. The number of benzene rings is 1. The van der Waals surface area contributed by atoms with E-state index in [0.29, 0.717) is 44.7 Å². The van der Waals surface area contributed by atoms with Crippen molar-refractivity contribution in [3.63, 3.8) is 0 Å². The van der Waals surface area contributed by atoms with Crippen molar-refractivity contribution in [3.8, 4) is 6.07 Å². The molecule has 2 amide bonds. The van der Waals surface area contributed by atoms with E-state index in [1.165, 1.54) is 23.3 Å². The molecule has 0 saturated carbocycles. The van der Waals surface area contributed by atoms with Gasteiger partial charge in [0.1, 0.15) is 0 Å². The van der Waals surface area contributed by atoms with Gasteiger partial charge in [-0.15, -0.1) is 0 Å². The van der Waals surface area contributed by atoms with Gasteiger partial charge in [0, 0.05) is 46.0 Å². The van der Waals surface area contributed by atoms with Gasteiger partial charge in [-0.05, 0) is 55.0 Å². The average molecular weight is 489 g/mol. The lowest BCUT2D eigenvalue weighted by molar-refractivity contribution is -0.137. The van der Waals surface area contributed by atoms with Crippen LogP contribution in [-0.2, 0) is 11.0 Å². The molecule has 2 saturated heterocycles. The first-order valence-corrected chi connectivity index (χ1v) is 11.5. The number of rotatable bonds is 4. The summed E-state index contributed by atoms with van der Waals surface area (Å²) < 4.78 is 45.8. The second-order valence-corrected chi connectivity index (χ2v) is 9.35. The van der Waals surface area contributed by atoms with Gasteiger partial charge in [-0.2, -0.15) is 18.4 Å². The molecule has 2 aliphatic rings. The number of anilines is 1. The molecule has 35 heavy (non-hydrogen) atoms. The lowest BCUT2D eigenvalue weighted by Gasteiger charge is -2.36. The Morgan fingerprint density at radius 3 is 2.43 bits per heavy atom. The van der Waals surface area contributed by atoms with Crippen LogP contribution in [0, 0.1) is 29.1 Å². The number of hydrogen-bond acceptors (Lipinski definition) is 5. The molecule has 10 heteroatoms. The molecule has 0 radical (unpaired) electrons. The Labute approximate surface area is 201 Å². The van der Waals surface area contributed by atoms with Gasteiger partial charge in [-0.25, -0.2) is 0 Å². The number of hydrogen-bond donors (Lipinski definition) is 0. The van der Waals surface area contributed by atoms with Crippen molar-refractivity contribution < 1.29 is 27.2 Å². The van der Waals surface area contributed by atoms with E-state index in [0.717, 1.165) is 6.07 Å². The number of carbonyl (C=O) groups excluding carboxylic acids is 2. The first kappa shape index (κ1) is 24.6. The second-order valence-electron chi connectivity index (χ2n) is 9.35. The third kappa shape index (κ3) is 4.99. The van der Waals surface area contributed by atoms with Crippen LogP contribution in [0.4, 0.5) is 18.9 Å². The van der Waals surface area contributed by atoms with Crippen LogP contribution in [0.25, 0.3) is 0 Å². The molecule has 186 valence electrons. The molecule has 2 atom stereocenters. The minimum atomic E-state index is -4.65. The summed E-state index contributed by atoms with van der Waals surface area (Å²) in [5.74, 6) is -0.216. The predicted octanol–water partition coefficient (Wildman–Crippen LogP) is 3.86. The van der Waals surface area contributed by atoms with Crippen LogP contribution in [0.1, 0.15) is 34.5 Å². The summed E-state index contributed by atoms with van der Waals surface area (Å²) in [7, 11) is 3.35. The zero-order chi connectivity index (χ0) is 25.3. The predicted molar refractivity (Wildman–Crippen MR) is 121 cm³/mol. The van der Waals surface area contributed by atoms with Crippen LogP contribution in [0.5, 0.6) is 0 Å². The van der Waals surface area contributed by atoms with Crippen molar-refractivity contribution in [1.29, 1.82) is 5.26 Å². The minimum absolute atomic E-state index is 0.0590. The number of amides is 2. The lowest BCUT2D eigenvalue weighted by atomic mass is 9.78. The van der Waals surface area contributed by atoms with Crippen molar-refractivity contribution in [2.75, 3.05) is 45.2 Å². The number of alkyl halides is 3. The SMILES string of the molecule is CN(C)C(=O)[C@@H]1CN(c2ccc(C#N)c(C(F)(F)F)c2)C[C@H]1C1CCN(C(=O)c2ccco2)CC1. The van der Waals surface area contributed by atoms with Gasteiger partial charge in [0.05, 0.1) is 29.4 Å². The van der Waals surface area contributed by atoms with E-state index in [-0.39, 0.29) is 35.3 Å². The molecular formula is C25H27F3N4O3. The second kappa shape index (κ2) is 9.64. The Morgan fingerprint density at radius 1 is 1.14 bits per heavy atom. The third-order valence-electron chi connectivity index (χ3n) is 7.08. The molecule has 0 N–H and O–H groups in total. The molecule has 3 heterocycles. The fourth-order valence-corrected chi connectivity index (χ4v) is 5.26. The van der Waals surface area contributed by atoms with Crippen molar-refractivity contribution in [2.45, 2.75) is 19.0 Å².